The molecular formula is C3H7BN2. The average molecular weight is 81.9 g/mol. The lowest BCUT2D eigenvalue weighted by Gasteiger charge is -1.92. The van der Waals surface area contributed by atoms with Crippen molar-refractivity contribution < 1.29 is 0 Å². The number of hydrogen-bond donors (Lipinski definition) is 2. The summed E-state index contributed by atoms with van der Waals surface area (Å²) in [6.45, 7) is 0. The average Bonchev–Trinajstić information content (AvgIpc) is 1.65. The summed E-state index contributed by atoms with van der Waals surface area (Å²) in [7, 11) is 6.80. The first-order chi connectivity index (χ1) is 2.81. The van der Waals surface area contributed by atoms with E-state index in [1.54, 1.807) is 7.05 Å². The summed E-state index contributed by atoms with van der Waals surface area (Å²) in [6.07, 6.45) is 1.31. The monoisotopic (exact) mass is 82.1 g/mol. The predicted molar refractivity (Wildman–Crippen MR) is 27.1 cm³/mol. The van der Waals surface area contributed by atoms with Gasteiger partial charge in [0.2, 0.25) is 0 Å². The summed E-state index contributed by atoms with van der Waals surface area (Å²) in [6, 6.07) is 0. The summed E-state index contributed by atoms with van der Waals surface area (Å²) in [5, 5.41) is 2.63. The molecular weight excluding hydrogens is 74.9 g/mol. The highest BCUT2D eigenvalue weighted by atomic mass is 14.8. The van der Waals surface area contributed by atoms with Gasteiger partial charge in [-0.1, -0.05) is 0 Å². The fourth-order valence-corrected chi connectivity index (χ4v) is 0.0833. The van der Waals surface area contributed by atoms with Crippen molar-refractivity contribution in [2.24, 2.45) is 5.73 Å². The molecule has 0 unspecified atom stereocenters. The maximum atomic E-state index is 5.10. The molecule has 2 nitrogen and oxygen atoms in total. The van der Waals surface area contributed by atoms with Crippen molar-refractivity contribution in [3.05, 3.63) is 11.8 Å². The highest BCUT2D eigenvalue weighted by Crippen LogP contribution is 1.65. The van der Waals surface area contributed by atoms with Crippen LogP contribution in [0.3, 0.4) is 0 Å². The fraction of sp³-hybridized carbons (Fsp3) is 0.333. The molecule has 0 fully saturated rings. The molecule has 0 aliphatic rings. The molecule has 0 saturated heterocycles. The van der Waals surface area contributed by atoms with Gasteiger partial charge in [0.1, 0.15) is 7.85 Å². The van der Waals surface area contributed by atoms with E-state index in [4.69, 9.17) is 13.6 Å². The van der Waals surface area contributed by atoms with Crippen molar-refractivity contribution in [2.45, 2.75) is 0 Å². The molecule has 0 atom stereocenters. The van der Waals surface area contributed by atoms with Crippen LogP contribution >= 0.6 is 0 Å². The molecule has 2 radical (unpaired) electrons. The Balaban J connectivity index is 3.22. The van der Waals surface area contributed by atoms with E-state index in [9.17, 15) is 0 Å². The van der Waals surface area contributed by atoms with Gasteiger partial charge in [-0.3, -0.25) is 0 Å². The summed E-state index contributed by atoms with van der Waals surface area (Å²) in [4.78, 5) is 0. The fourth-order valence-electron chi connectivity index (χ4n) is 0.0833. The standard InChI is InChI=1S/C3H7BN2/c1-6-3(4)2-5/h2,6H,5H2,1H3/b3-2-. The van der Waals surface area contributed by atoms with Crippen LogP contribution in [-0.2, 0) is 0 Å². The van der Waals surface area contributed by atoms with Crippen LogP contribution in [0.5, 0.6) is 0 Å². The van der Waals surface area contributed by atoms with Gasteiger partial charge in [0.05, 0.1) is 0 Å². The number of nitrogens with one attached hydrogen (secondary N) is 1. The van der Waals surface area contributed by atoms with Crippen LogP contribution in [0.15, 0.2) is 11.8 Å². The van der Waals surface area contributed by atoms with Crippen LogP contribution in [0.2, 0.25) is 0 Å². The lowest BCUT2D eigenvalue weighted by Crippen LogP contribution is -2.06. The van der Waals surface area contributed by atoms with E-state index in [1.165, 1.54) is 6.20 Å². The summed E-state index contributed by atoms with van der Waals surface area (Å²) in [5.74, 6) is 0. The molecule has 0 spiro atoms. The second-order valence-corrected chi connectivity index (χ2v) is 0.872. The molecule has 0 bridgehead atoms. The smallest absolute Gasteiger partial charge is 0.139 e. The Labute approximate surface area is 38.8 Å². The molecule has 0 saturated carbocycles. The maximum Gasteiger partial charge on any atom is 0.139 e. The largest absolute Gasteiger partial charge is 0.404 e. The van der Waals surface area contributed by atoms with Crippen molar-refractivity contribution in [3.8, 4) is 0 Å². The Hall–Kier alpha value is -0.595. The summed E-state index contributed by atoms with van der Waals surface area (Å²) in [5.41, 5.74) is 5.43. The van der Waals surface area contributed by atoms with Crippen LogP contribution in [0, 0.1) is 0 Å². The van der Waals surface area contributed by atoms with E-state index >= 15 is 0 Å². The van der Waals surface area contributed by atoms with Crippen LogP contribution < -0.4 is 11.1 Å². The van der Waals surface area contributed by atoms with E-state index in [0.717, 1.165) is 0 Å². The molecule has 0 rings (SSSR count). The van der Waals surface area contributed by atoms with Crippen molar-refractivity contribution in [1.82, 2.24) is 5.32 Å². The van der Waals surface area contributed by atoms with Crippen LogP contribution in [0.4, 0.5) is 0 Å². The minimum Gasteiger partial charge on any atom is -0.404 e. The quantitative estimate of drug-likeness (QED) is 0.403. The zero-order valence-electron chi connectivity index (χ0n) is 3.73. The van der Waals surface area contributed by atoms with Gasteiger partial charge in [-0.05, 0) is 5.60 Å². The molecule has 0 aromatic rings. The van der Waals surface area contributed by atoms with E-state index in [1.807, 2.05) is 0 Å². The van der Waals surface area contributed by atoms with Gasteiger partial charge in [-0.2, -0.15) is 0 Å². The summed E-state index contributed by atoms with van der Waals surface area (Å²) >= 11 is 0. The van der Waals surface area contributed by atoms with Crippen molar-refractivity contribution in [3.63, 3.8) is 0 Å². The van der Waals surface area contributed by atoms with Crippen LogP contribution in [-0.4, -0.2) is 14.9 Å². The van der Waals surface area contributed by atoms with E-state index in [0.29, 0.717) is 5.60 Å². The molecule has 0 aromatic carbocycles. The molecule has 0 aliphatic carbocycles. The summed E-state index contributed by atoms with van der Waals surface area (Å²) < 4.78 is 0. The highest BCUT2D eigenvalue weighted by molar-refractivity contribution is 6.21. The molecule has 0 aromatic heterocycles. The lowest BCUT2D eigenvalue weighted by molar-refractivity contribution is 1.06. The zero-order valence-corrected chi connectivity index (χ0v) is 3.73. The topological polar surface area (TPSA) is 38.0 Å². The first-order valence-electron chi connectivity index (χ1n) is 1.66. The normalized spacial score (nSPS) is 11.2. The Morgan fingerprint density at radius 1 is 2.00 bits per heavy atom. The predicted octanol–water partition coefficient (Wildman–Crippen LogP) is -0.868. The third kappa shape index (κ3) is 1.70. The molecule has 0 aliphatic heterocycles. The first-order valence-corrected chi connectivity index (χ1v) is 1.66. The number of hydrogen-bond acceptors (Lipinski definition) is 2. The van der Waals surface area contributed by atoms with Crippen molar-refractivity contribution in [1.29, 1.82) is 0 Å². The molecule has 0 heterocycles. The Bertz CT molecular complexity index is 59.8. The van der Waals surface area contributed by atoms with Gasteiger partial charge in [-0.15, -0.1) is 0 Å². The molecule has 6 heavy (non-hydrogen) atoms. The van der Waals surface area contributed by atoms with Crippen LogP contribution in [0.25, 0.3) is 0 Å². The van der Waals surface area contributed by atoms with Gasteiger partial charge in [0.15, 0.2) is 0 Å². The first kappa shape index (κ1) is 5.40. The minimum absolute atomic E-state index is 0.495. The third-order valence-corrected chi connectivity index (χ3v) is 0.468. The molecule has 3 N–H and O–H groups in total. The van der Waals surface area contributed by atoms with Crippen molar-refractivity contribution in [2.75, 3.05) is 7.05 Å². The second-order valence-electron chi connectivity index (χ2n) is 0.872. The second kappa shape index (κ2) is 2.63. The van der Waals surface area contributed by atoms with Gasteiger partial charge in [-0.25, -0.2) is 0 Å². The minimum atomic E-state index is 0.495. The van der Waals surface area contributed by atoms with E-state index < -0.39 is 0 Å². The van der Waals surface area contributed by atoms with Crippen molar-refractivity contribution >= 4 is 7.85 Å². The lowest BCUT2D eigenvalue weighted by atomic mass is 10.1. The maximum absolute atomic E-state index is 5.10. The van der Waals surface area contributed by atoms with E-state index in [2.05, 4.69) is 5.32 Å². The third-order valence-electron chi connectivity index (χ3n) is 0.468. The van der Waals surface area contributed by atoms with Gasteiger partial charge in [0, 0.05) is 13.2 Å². The Kier molecular flexibility index (Phi) is 2.37. The van der Waals surface area contributed by atoms with Gasteiger partial charge in [0.25, 0.3) is 0 Å². The van der Waals surface area contributed by atoms with Gasteiger partial charge < -0.3 is 11.1 Å². The SMILES string of the molecule is [B]/C(=C/N)NC. The number of rotatable bonds is 1. The highest BCUT2D eigenvalue weighted by Gasteiger charge is 1.70. The Morgan fingerprint density at radius 2 is 2.50 bits per heavy atom. The zero-order chi connectivity index (χ0) is 4.99. The van der Waals surface area contributed by atoms with Gasteiger partial charge >= 0.3 is 0 Å². The Morgan fingerprint density at radius 3 is 2.50 bits per heavy atom. The molecule has 3 heteroatoms. The van der Waals surface area contributed by atoms with Crippen LogP contribution in [0.1, 0.15) is 0 Å². The molecule has 0 amide bonds. The number of nitrogens with two attached hydrogens (primary N) is 1. The van der Waals surface area contributed by atoms with E-state index in [-0.39, 0.29) is 0 Å². The molecule has 32 valence electrons.